The summed E-state index contributed by atoms with van der Waals surface area (Å²) >= 11 is 1.81. The molecular formula is C13H23NOS. The monoisotopic (exact) mass is 241 g/mol. The Kier molecular flexibility index (Phi) is 8.40. The molecule has 2 nitrogen and oxygen atoms in total. The molecule has 1 aromatic rings. The number of thiophene rings is 1. The first-order chi connectivity index (χ1) is 7.93. The first-order valence-corrected chi connectivity index (χ1v) is 7.12. The summed E-state index contributed by atoms with van der Waals surface area (Å²) in [7, 11) is 0. The van der Waals surface area contributed by atoms with E-state index in [9.17, 15) is 0 Å². The molecule has 0 bridgehead atoms. The Bertz CT molecular complexity index is 236. The molecule has 0 unspecified atom stereocenters. The zero-order chi connectivity index (χ0) is 11.5. The van der Waals surface area contributed by atoms with Gasteiger partial charge in [0.25, 0.3) is 0 Å². The summed E-state index contributed by atoms with van der Waals surface area (Å²) in [5.41, 5.74) is 0. The van der Waals surface area contributed by atoms with Gasteiger partial charge in [0.2, 0.25) is 0 Å². The molecule has 0 atom stereocenters. The topological polar surface area (TPSA) is 21.3 Å². The number of hydrogen-bond donors (Lipinski definition) is 1. The number of ether oxygens (including phenoxy) is 1. The van der Waals surface area contributed by atoms with Crippen LogP contribution < -0.4 is 5.32 Å². The van der Waals surface area contributed by atoms with E-state index in [1.54, 1.807) is 0 Å². The van der Waals surface area contributed by atoms with Gasteiger partial charge in [-0.1, -0.05) is 13.0 Å². The normalized spacial score (nSPS) is 10.8. The van der Waals surface area contributed by atoms with Gasteiger partial charge in [-0.2, -0.15) is 0 Å². The lowest BCUT2D eigenvalue weighted by molar-refractivity contribution is 0.133. The lowest BCUT2D eigenvalue weighted by atomic mass is 10.2. The Balaban J connectivity index is 1.78. The van der Waals surface area contributed by atoms with E-state index in [0.29, 0.717) is 0 Å². The maximum absolute atomic E-state index is 5.60. The van der Waals surface area contributed by atoms with Crippen LogP contribution in [0.3, 0.4) is 0 Å². The molecular weight excluding hydrogens is 218 g/mol. The molecule has 0 aliphatic heterocycles. The minimum atomic E-state index is 0.869. The highest BCUT2D eigenvalue weighted by Crippen LogP contribution is 2.08. The van der Waals surface area contributed by atoms with Crippen molar-refractivity contribution < 1.29 is 4.74 Å². The maximum atomic E-state index is 5.60. The molecule has 0 spiro atoms. The van der Waals surface area contributed by atoms with Gasteiger partial charge in [0.05, 0.1) is 6.61 Å². The number of hydrogen-bond acceptors (Lipinski definition) is 3. The van der Waals surface area contributed by atoms with Crippen LogP contribution in [-0.4, -0.2) is 26.3 Å². The van der Waals surface area contributed by atoms with E-state index in [0.717, 1.165) is 32.7 Å². The zero-order valence-corrected chi connectivity index (χ0v) is 11.0. The van der Waals surface area contributed by atoms with Gasteiger partial charge in [-0.05, 0) is 43.8 Å². The van der Waals surface area contributed by atoms with Gasteiger partial charge in [-0.15, -0.1) is 11.3 Å². The third kappa shape index (κ3) is 6.99. The molecule has 0 saturated heterocycles. The van der Waals surface area contributed by atoms with Crippen molar-refractivity contribution in [1.82, 2.24) is 5.32 Å². The lowest BCUT2D eigenvalue weighted by Gasteiger charge is -2.03. The molecule has 92 valence electrons. The summed E-state index contributed by atoms with van der Waals surface area (Å²) in [5.74, 6) is 0. The number of unbranched alkanes of at least 4 members (excludes halogenated alkanes) is 2. The summed E-state index contributed by atoms with van der Waals surface area (Å²) in [6.45, 7) is 6.15. The van der Waals surface area contributed by atoms with Crippen LogP contribution in [0.15, 0.2) is 17.5 Å². The Hall–Kier alpha value is -0.380. The molecule has 0 aliphatic carbocycles. The van der Waals surface area contributed by atoms with E-state index < -0.39 is 0 Å². The van der Waals surface area contributed by atoms with E-state index in [4.69, 9.17) is 4.74 Å². The van der Waals surface area contributed by atoms with Gasteiger partial charge in [-0.3, -0.25) is 0 Å². The molecule has 1 aromatic heterocycles. The van der Waals surface area contributed by atoms with Crippen molar-refractivity contribution in [3.8, 4) is 0 Å². The van der Waals surface area contributed by atoms with Crippen LogP contribution in [-0.2, 0) is 11.2 Å². The fourth-order valence-corrected chi connectivity index (χ4v) is 2.23. The molecule has 0 aliphatic rings. The molecule has 3 heteroatoms. The summed E-state index contributed by atoms with van der Waals surface area (Å²) in [6.07, 6.45) is 4.79. The van der Waals surface area contributed by atoms with Crippen LogP contribution in [0, 0.1) is 0 Å². The highest BCUT2D eigenvalue weighted by molar-refractivity contribution is 7.09. The van der Waals surface area contributed by atoms with Crippen LogP contribution in [0.4, 0.5) is 0 Å². The summed E-state index contributed by atoms with van der Waals surface area (Å²) in [4.78, 5) is 1.42. The van der Waals surface area contributed by atoms with E-state index in [2.05, 4.69) is 29.8 Å². The number of nitrogens with one attached hydrogen (secondary N) is 1. The standard InChI is InChI=1S/C13H23NOS/c1-2-14-9-4-3-5-10-15-11-8-13-7-6-12-16-13/h6-7,12,14H,2-5,8-11H2,1H3. The predicted molar refractivity (Wildman–Crippen MR) is 71.2 cm³/mol. The second-order valence-corrected chi connectivity index (χ2v) is 4.89. The van der Waals surface area contributed by atoms with Crippen LogP contribution >= 0.6 is 11.3 Å². The first-order valence-electron chi connectivity index (χ1n) is 6.24. The van der Waals surface area contributed by atoms with Crippen molar-refractivity contribution in [2.24, 2.45) is 0 Å². The Labute approximate surface area is 103 Å². The van der Waals surface area contributed by atoms with E-state index in [1.165, 1.54) is 24.1 Å². The molecule has 1 N–H and O–H groups in total. The van der Waals surface area contributed by atoms with Crippen molar-refractivity contribution in [2.45, 2.75) is 32.6 Å². The first kappa shape index (κ1) is 13.7. The van der Waals surface area contributed by atoms with Gasteiger partial charge >= 0.3 is 0 Å². The Morgan fingerprint density at radius 2 is 2.19 bits per heavy atom. The van der Waals surface area contributed by atoms with Crippen molar-refractivity contribution >= 4 is 11.3 Å². The highest BCUT2D eigenvalue weighted by atomic mass is 32.1. The fraction of sp³-hybridized carbons (Fsp3) is 0.692. The average molecular weight is 241 g/mol. The van der Waals surface area contributed by atoms with Gasteiger partial charge < -0.3 is 10.1 Å². The van der Waals surface area contributed by atoms with Crippen molar-refractivity contribution in [3.05, 3.63) is 22.4 Å². The molecule has 0 amide bonds. The smallest absolute Gasteiger partial charge is 0.0514 e. The SMILES string of the molecule is CCNCCCCCOCCc1cccs1. The maximum Gasteiger partial charge on any atom is 0.0514 e. The van der Waals surface area contributed by atoms with Crippen molar-refractivity contribution in [3.63, 3.8) is 0 Å². The molecule has 0 fully saturated rings. The summed E-state index contributed by atoms with van der Waals surface area (Å²) in [6, 6.07) is 4.27. The number of rotatable bonds is 10. The van der Waals surface area contributed by atoms with Gasteiger partial charge in [0.1, 0.15) is 0 Å². The highest BCUT2D eigenvalue weighted by Gasteiger charge is 1.94. The quantitative estimate of drug-likeness (QED) is 0.636. The molecule has 1 heterocycles. The zero-order valence-electron chi connectivity index (χ0n) is 10.2. The van der Waals surface area contributed by atoms with Crippen LogP contribution in [0.25, 0.3) is 0 Å². The van der Waals surface area contributed by atoms with Crippen molar-refractivity contribution in [2.75, 3.05) is 26.3 Å². The van der Waals surface area contributed by atoms with E-state index in [-0.39, 0.29) is 0 Å². The third-order valence-corrected chi connectivity index (χ3v) is 3.40. The molecule has 0 aromatic carbocycles. The van der Waals surface area contributed by atoms with Gasteiger partial charge in [0.15, 0.2) is 0 Å². The largest absolute Gasteiger partial charge is 0.381 e. The van der Waals surface area contributed by atoms with Crippen LogP contribution in [0.1, 0.15) is 31.1 Å². The second-order valence-electron chi connectivity index (χ2n) is 3.86. The fourth-order valence-electron chi connectivity index (χ4n) is 1.54. The Morgan fingerprint density at radius 1 is 1.25 bits per heavy atom. The second kappa shape index (κ2) is 9.82. The third-order valence-electron chi connectivity index (χ3n) is 2.47. The van der Waals surface area contributed by atoms with Crippen molar-refractivity contribution in [1.29, 1.82) is 0 Å². The van der Waals surface area contributed by atoms with Gasteiger partial charge in [0, 0.05) is 17.9 Å². The van der Waals surface area contributed by atoms with E-state index >= 15 is 0 Å². The summed E-state index contributed by atoms with van der Waals surface area (Å²) < 4.78 is 5.60. The molecule has 0 radical (unpaired) electrons. The molecule has 16 heavy (non-hydrogen) atoms. The van der Waals surface area contributed by atoms with Crippen LogP contribution in [0.5, 0.6) is 0 Å². The average Bonchev–Trinajstić information content (AvgIpc) is 2.80. The minimum absolute atomic E-state index is 0.869. The van der Waals surface area contributed by atoms with E-state index in [1.807, 2.05) is 11.3 Å². The Morgan fingerprint density at radius 3 is 2.94 bits per heavy atom. The minimum Gasteiger partial charge on any atom is -0.381 e. The molecule has 0 saturated carbocycles. The van der Waals surface area contributed by atoms with Gasteiger partial charge in [-0.25, -0.2) is 0 Å². The summed E-state index contributed by atoms with van der Waals surface area (Å²) in [5, 5.41) is 5.45. The molecule has 1 rings (SSSR count). The van der Waals surface area contributed by atoms with Crippen LogP contribution in [0.2, 0.25) is 0 Å². The predicted octanol–water partition coefficient (Wildman–Crippen LogP) is 3.09. The lowest BCUT2D eigenvalue weighted by Crippen LogP contribution is -2.13.